The number of aromatic amines is 1. The van der Waals surface area contributed by atoms with Gasteiger partial charge >= 0.3 is 0 Å². The van der Waals surface area contributed by atoms with Crippen molar-refractivity contribution in [3.05, 3.63) is 64.8 Å². The highest BCUT2D eigenvalue weighted by molar-refractivity contribution is 6.31. The van der Waals surface area contributed by atoms with E-state index in [1.807, 2.05) is 42.5 Å². The number of benzene rings is 2. The molecule has 0 saturated heterocycles. The van der Waals surface area contributed by atoms with Gasteiger partial charge in [0.25, 0.3) is 0 Å². The van der Waals surface area contributed by atoms with Gasteiger partial charge in [0.1, 0.15) is 12.4 Å². The van der Waals surface area contributed by atoms with Crippen LogP contribution in [0.4, 0.5) is 0 Å². The van der Waals surface area contributed by atoms with Gasteiger partial charge in [0.05, 0.1) is 5.69 Å². The van der Waals surface area contributed by atoms with Crippen LogP contribution >= 0.6 is 11.6 Å². The molecule has 3 aromatic rings. The molecule has 2 nitrogen and oxygen atoms in total. The van der Waals surface area contributed by atoms with E-state index in [0.717, 1.165) is 27.4 Å². The van der Waals surface area contributed by atoms with E-state index in [2.05, 4.69) is 18.0 Å². The lowest BCUT2D eigenvalue weighted by molar-refractivity contribution is 0.302. The molecule has 0 saturated carbocycles. The SMILES string of the molecule is Cc1ccc(OCc2cc3cc(Cl)ccc3[nH]2)cc1. The average Bonchev–Trinajstić information content (AvgIpc) is 2.80. The molecule has 0 aliphatic carbocycles. The van der Waals surface area contributed by atoms with Crippen molar-refractivity contribution in [2.75, 3.05) is 0 Å². The van der Waals surface area contributed by atoms with Crippen molar-refractivity contribution in [2.24, 2.45) is 0 Å². The number of aromatic nitrogens is 1. The lowest BCUT2D eigenvalue weighted by Gasteiger charge is -2.04. The van der Waals surface area contributed by atoms with Crippen LogP contribution in [0.15, 0.2) is 48.5 Å². The van der Waals surface area contributed by atoms with E-state index in [9.17, 15) is 0 Å². The normalized spacial score (nSPS) is 10.8. The Labute approximate surface area is 117 Å². The summed E-state index contributed by atoms with van der Waals surface area (Å²) in [6.45, 7) is 2.58. The first-order chi connectivity index (χ1) is 9.20. The summed E-state index contributed by atoms with van der Waals surface area (Å²) in [5.41, 5.74) is 3.34. The second-order valence-electron chi connectivity index (χ2n) is 4.63. The van der Waals surface area contributed by atoms with Gasteiger partial charge < -0.3 is 9.72 Å². The Kier molecular flexibility index (Phi) is 3.18. The van der Waals surface area contributed by atoms with Crippen LogP contribution in [0.3, 0.4) is 0 Å². The van der Waals surface area contributed by atoms with Crippen LogP contribution in [-0.4, -0.2) is 4.98 Å². The summed E-state index contributed by atoms with van der Waals surface area (Å²) >= 11 is 5.97. The molecule has 0 bridgehead atoms. The zero-order valence-electron chi connectivity index (χ0n) is 10.6. The van der Waals surface area contributed by atoms with Crippen molar-refractivity contribution in [1.82, 2.24) is 4.98 Å². The van der Waals surface area contributed by atoms with Gasteiger partial charge in [-0.3, -0.25) is 0 Å². The van der Waals surface area contributed by atoms with Crippen LogP contribution in [0.1, 0.15) is 11.3 Å². The number of halogens is 1. The number of aryl methyl sites for hydroxylation is 1. The largest absolute Gasteiger partial charge is 0.487 e. The molecular formula is C16H14ClNO. The van der Waals surface area contributed by atoms with Gasteiger partial charge in [-0.2, -0.15) is 0 Å². The Bertz CT molecular complexity index is 700. The molecule has 0 atom stereocenters. The highest BCUT2D eigenvalue weighted by atomic mass is 35.5. The second kappa shape index (κ2) is 4.98. The van der Waals surface area contributed by atoms with Crippen molar-refractivity contribution < 1.29 is 4.74 Å². The van der Waals surface area contributed by atoms with Crippen molar-refractivity contribution in [3.63, 3.8) is 0 Å². The van der Waals surface area contributed by atoms with E-state index in [-0.39, 0.29) is 0 Å². The first kappa shape index (κ1) is 12.1. The maximum Gasteiger partial charge on any atom is 0.128 e. The maximum absolute atomic E-state index is 5.97. The van der Waals surface area contributed by atoms with Crippen molar-refractivity contribution in [3.8, 4) is 5.75 Å². The number of hydrogen-bond acceptors (Lipinski definition) is 1. The first-order valence-corrected chi connectivity index (χ1v) is 6.55. The monoisotopic (exact) mass is 271 g/mol. The van der Waals surface area contributed by atoms with E-state index < -0.39 is 0 Å². The quantitative estimate of drug-likeness (QED) is 0.733. The molecule has 1 heterocycles. The summed E-state index contributed by atoms with van der Waals surface area (Å²) in [4.78, 5) is 3.32. The minimum absolute atomic E-state index is 0.523. The lowest BCUT2D eigenvalue weighted by atomic mass is 10.2. The smallest absolute Gasteiger partial charge is 0.128 e. The molecule has 0 fully saturated rings. The molecule has 2 aromatic carbocycles. The van der Waals surface area contributed by atoms with Gasteiger partial charge in [0.2, 0.25) is 0 Å². The second-order valence-corrected chi connectivity index (χ2v) is 5.06. The van der Waals surface area contributed by atoms with Crippen LogP contribution in [0.25, 0.3) is 10.9 Å². The summed E-state index contributed by atoms with van der Waals surface area (Å²) in [5, 5.41) is 1.85. The Morgan fingerprint density at radius 1 is 1.05 bits per heavy atom. The summed E-state index contributed by atoms with van der Waals surface area (Å²) in [6, 6.07) is 15.9. The molecule has 96 valence electrons. The van der Waals surface area contributed by atoms with Gasteiger partial charge in [-0.15, -0.1) is 0 Å². The average molecular weight is 272 g/mol. The molecule has 1 aromatic heterocycles. The number of rotatable bonds is 3. The number of fused-ring (bicyclic) bond motifs is 1. The summed E-state index contributed by atoms with van der Waals surface area (Å²) < 4.78 is 5.74. The number of nitrogens with one attached hydrogen (secondary N) is 1. The predicted molar refractivity (Wildman–Crippen MR) is 78.8 cm³/mol. The Balaban J connectivity index is 1.76. The molecule has 0 amide bonds. The van der Waals surface area contributed by atoms with E-state index >= 15 is 0 Å². The highest BCUT2D eigenvalue weighted by Gasteiger charge is 2.02. The predicted octanol–water partition coefficient (Wildman–Crippen LogP) is 4.71. The van der Waals surface area contributed by atoms with Gasteiger partial charge in [0.15, 0.2) is 0 Å². The Hall–Kier alpha value is -1.93. The molecule has 1 N–H and O–H groups in total. The van der Waals surface area contributed by atoms with Crippen molar-refractivity contribution >= 4 is 22.5 Å². The minimum atomic E-state index is 0.523. The minimum Gasteiger partial charge on any atom is -0.487 e. The Morgan fingerprint density at radius 3 is 2.63 bits per heavy atom. The fourth-order valence-electron chi connectivity index (χ4n) is 2.04. The van der Waals surface area contributed by atoms with Gasteiger partial charge in [0, 0.05) is 15.9 Å². The maximum atomic E-state index is 5.97. The number of H-pyrrole nitrogens is 1. The third-order valence-electron chi connectivity index (χ3n) is 3.05. The van der Waals surface area contributed by atoms with Crippen molar-refractivity contribution in [2.45, 2.75) is 13.5 Å². The zero-order valence-corrected chi connectivity index (χ0v) is 11.4. The van der Waals surface area contributed by atoms with Gasteiger partial charge in [-0.1, -0.05) is 29.3 Å². The van der Waals surface area contributed by atoms with Crippen LogP contribution in [0.5, 0.6) is 5.75 Å². The summed E-state index contributed by atoms with van der Waals surface area (Å²) in [6.07, 6.45) is 0. The summed E-state index contributed by atoms with van der Waals surface area (Å²) in [7, 11) is 0. The van der Waals surface area contributed by atoms with Gasteiger partial charge in [-0.25, -0.2) is 0 Å². The first-order valence-electron chi connectivity index (χ1n) is 6.17. The van der Waals surface area contributed by atoms with E-state index in [1.54, 1.807) is 0 Å². The Morgan fingerprint density at radius 2 is 1.84 bits per heavy atom. The highest BCUT2D eigenvalue weighted by Crippen LogP contribution is 2.21. The van der Waals surface area contributed by atoms with Crippen LogP contribution in [-0.2, 0) is 6.61 Å². The number of hydrogen-bond donors (Lipinski definition) is 1. The molecule has 3 rings (SSSR count). The molecular weight excluding hydrogens is 258 g/mol. The van der Waals surface area contributed by atoms with Crippen molar-refractivity contribution in [1.29, 1.82) is 0 Å². The fraction of sp³-hybridized carbons (Fsp3) is 0.125. The molecule has 0 aliphatic heterocycles. The fourth-order valence-corrected chi connectivity index (χ4v) is 2.22. The molecule has 0 spiro atoms. The zero-order chi connectivity index (χ0) is 13.2. The van der Waals surface area contributed by atoms with Gasteiger partial charge in [-0.05, 0) is 43.3 Å². The van der Waals surface area contributed by atoms with E-state index in [4.69, 9.17) is 16.3 Å². The number of ether oxygens (including phenoxy) is 1. The van der Waals surface area contributed by atoms with Crippen LogP contribution in [0, 0.1) is 6.92 Å². The third-order valence-corrected chi connectivity index (χ3v) is 3.29. The molecule has 0 radical (unpaired) electrons. The van der Waals surface area contributed by atoms with E-state index in [1.165, 1.54) is 5.56 Å². The standard InChI is InChI=1S/C16H14ClNO/c1-11-2-5-15(6-3-11)19-10-14-9-12-8-13(17)4-7-16(12)18-14/h2-9,18H,10H2,1H3. The molecule has 3 heteroatoms. The molecule has 19 heavy (non-hydrogen) atoms. The topological polar surface area (TPSA) is 25.0 Å². The summed E-state index contributed by atoms with van der Waals surface area (Å²) in [5.74, 6) is 0.877. The van der Waals surface area contributed by atoms with Crippen LogP contribution in [0.2, 0.25) is 5.02 Å². The third kappa shape index (κ3) is 2.74. The molecule has 0 unspecified atom stereocenters. The van der Waals surface area contributed by atoms with Crippen LogP contribution < -0.4 is 4.74 Å². The van der Waals surface area contributed by atoms with E-state index in [0.29, 0.717) is 6.61 Å². The molecule has 0 aliphatic rings. The lowest BCUT2D eigenvalue weighted by Crippen LogP contribution is -1.95.